The number of amides is 1. The van der Waals surface area contributed by atoms with E-state index in [9.17, 15) is 4.79 Å². The molecule has 1 amide bonds. The Morgan fingerprint density at radius 1 is 1.00 bits per heavy atom. The maximum absolute atomic E-state index is 13.1. The topological polar surface area (TPSA) is 36.4 Å². The number of hydrogen-bond donors (Lipinski definition) is 0. The van der Waals surface area contributed by atoms with Gasteiger partial charge in [0.1, 0.15) is 0 Å². The Kier molecular flexibility index (Phi) is 6.35. The van der Waals surface area contributed by atoms with Gasteiger partial charge in [-0.3, -0.25) is 14.7 Å². The van der Waals surface area contributed by atoms with Gasteiger partial charge in [-0.1, -0.05) is 66.7 Å². The zero-order valence-corrected chi connectivity index (χ0v) is 17.1. The van der Waals surface area contributed by atoms with E-state index >= 15 is 0 Å². The zero-order valence-electron chi connectivity index (χ0n) is 17.1. The Bertz CT molecular complexity index is 920. The van der Waals surface area contributed by atoms with E-state index in [-0.39, 0.29) is 18.0 Å². The number of carbonyl (C=O) groups is 1. The highest BCUT2D eigenvalue weighted by Crippen LogP contribution is 2.31. The Balaban J connectivity index is 1.62. The van der Waals surface area contributed by atoms with Gasteiger partial charge in [-0.25, -0.2) is 0 Å². The average molecular weight is 398 g/mol. The number of rotatable bonds is 6. The van der Waals surface area contributed by atoms with Crippen LogP contribution in [0.15, 0.2) is 97.8 Å². The lowest BCUT2D eigenvalue weighted by atomic mass is 9.95. The van der Waals surface area contributed by atoms with Crippen LogP contribution < -0.4 is 0 Å². The molecule has 1 atom stereocenters. The van der Waals surface area contributed by atoms with E-state index in [0.717, 1.165) is 19.5 Å². The van der Waals surface area contributed by atoms with Crippen molar-refractivity contribution in [2.75, 3.05) is 19.6 Å². The molecule has 2 heterocycles. The van der Waals surface area contributed by atoms with Crippen LogP contribution in [0.1, 0.15) is 33.9 Å². The summed E-state index contributed by atoms with van der Waals surface area (Å²) in [6.07, 6.45) is 6.02. The third-order valence-corrected chi connectivity index (χ3v) is 5.72. The van der Waals surface area contributed by atoms with Crippen molar-refractivity contribution in [2.45, 2.75) is 18.5 Å². The number of piperazine rings is 1. The molecule has 0 spiro atoms. The molecule has 1 aliphatic heterocycles. The maximum atomic E-state index is 13.1. The first-order valence-electron chi connectivity index (χ1n) is 10.4. The molecule has 1 aliphatic rings. The van der Waals surface area contributed by atoms with Crippen LogP contribution in [0.25, 0.3) is 0 Å². The average Bonchev–Trinajstić information content (AvgIpc) is 2.81. The van der Waals surface area contributed by atoms with Crippen molar-refractivity contribution in [1.29, 1.82) is 0 Å². The molecule has 1 unspecified atom stereocenters. The number of nitrogens with zero attached hydrogens (tertiary/aromatic N) is 3. The van der Waals surface area contributed by atoms with Crippen molar-refractivity contribution in [1.82, 2.24) is 14.8 Å². The van der Waals surface area contributed by atoms with Crippen LogP contribution in [0.2, 0.25) is 0 Å². The highest BCUT2D eigenvalue weighted by Gasteiger charge is 2.34. The fourth-order valence-electron chi connectivity index (χ4n) is 4.32. The largest absolute Gasteiger partial charge is 0.333 e. The fourth-order valence-corrected chi connectivity index (χ4v) is 4.32. The molecule has 152 valence electrons. The number of carbonyl (C=O) groups excluding carboxylic acids is 1. The van der Waals surface area contributed by atoms with Crippen LogP contribution in [-0.4, -0.2) is 46.4 Å². The maximum Gasteiger partial charge on any atom is 0.255 e. The standard InChI is InChI=1S/C26H27N3O/c1-2-10-24-20-28(17-18-29(24)26(30)23-15-9-16-27-19-23)25(21-11-5-3-6-12-21)22-13-7-4-8-14-22/h2-9,11-16,19,24-25H,1,10,17-18,20H2. The molecule has 30 heavy (non-hydrogen) atoms. The molecule has 2 aromatic carbocycles. The van der Waals surface area contributed by atoms with E-state index in [1.165, 1.54) is 11.1 Å². The molecule has 0 N–H and O–H groups in total. The number of aromatic nitrogens is 1. The van der Waals surface area contributed by atoms with Gasteiger partial charge in [-0.15, -0.1) is 6.58 Å². The quantitative estimate of drug-likeness (QED) is 0.572. The molecule has 0 bridgehead atoms. The summed E-state index contributed by atoms with van der Waals surface area (Å²) in [5.41, 5.74) is 3.18. The van der Waals surface area contributed by atoms with Crippen molar-refractivity contribution < 1.29 is 4.79 Å². The smallest absolute Gasteiger partial charge is 0.255 e. The zero-order chi connectivity index (χ0) is 20.8. The molecule has 1 aromatic heterocycles. The predicted octanol–water partition coefficient (Wildman–Crippen LogP) is 4.57. The van der Waals surface area contributed by atoms with Crippen LogP contribution in [0, 0.1) is 0 Å². The first-order chi connectivity index (χ1) is 14.8. The summed E-state index contributed by atoms with van der Waals surface area (Å²) >= 11 is 0. The molecule has 1 saturated heterocycles. The summed E-state index contributed by atoms with van der Waals surface area (Å²) in [6, 6.07) is 25.1. The normalized spacial score (nSPS) is 17.1. The van der Waals surface area contributed by atoms with Gasteiger partial charge in [-0.2, -0.15) is 0 Å². The van der Waals surface area contributed by atoms with Crippen LogP contribution in [0.4, 0.5) is 0 Å². The van der Waals surface area contributed by atoms with Crippen LogP contribution in [0.3, 0.4) is 0 Å². The lowest BCUT2D eigenvalue weighted by molar-refractivity contribution is 0.0394. The Labute approximate surface area is 178 Å². The third kappa shape index (κ3) is 4.34. The van der Waals surface area contributed by atoms with E-state index in [4.69, 9.17) is 0 Å². The number of pyridine rings is 1. The summed E-state index contributed by atoms with van der Waals surface area (Å²) in [5, 5.41) is 0. The van der Waals surface area contributed by atoms with E-state index in [1.54, 1.807) is 12.4 Å². The Morgan fingerprint density at radius 2 is 1.67 bits per heavy atom. The highest BCUT2D eigenvalue weighted by molar-refractivity contribution is 5.94. The van der Waals surface area contributed by atoms with Gasteiger partial charge < -0.3 is 4.90 Å². The molecular formula is C26H27N3O. The van der Waals surface area contributed by atoms with Crippen LogP contribution in [-0.2, 0) is 0 Å². The SMILES string of the molecule is C=CCC1CN(C(c2ccccc2)c2ccccc2)CCN1C(=O)c1cccnc1. The summed E-state index contributed by atoms with van der Waals surface area (Å²) < 4.78 is 0. The second-order valence-electron chi connectivity index (χ2n) is 7.64. The Hall–Kier alpha value is -3.24. The summed E-state index contributed by atoms with van der Waals surface area (Å²) in [6.45, 7) is 6.23. The molecule has 1 fully saturated rings. The van der Waals surface area contributed by atoms with Gasteiger partial charge in [0.05, 0.1) is 11.6 Å². The first kappa shape index (κ1) is 20.0. The molecule has 4 heteroatoms. The first-order valence-corrected chi connectivity index (χ1v) is 10.4. The van der Waals surface area contributed by atoms with Gasteiger partial charge in [-0.05, 0) is 29.7 Å². The van der Waals surface area contributed by atoms with Crippen molar-refractivity contribution in [3.63, 3.8) is 0 Å². The summed E-state index contributed by atoms with van der Waals surface area (Å²) in [4.78, 5) is 21.7. The molecule has 0 radical (unpaired) electrons. The minimum atomic E-state index is 0.0468. The van der Waals surface area contributed by atoms with Gasteiger partial charge in [0.25, 0.3) is 5.91 Å². The molecule has 0 aliphatic carbocycles. The van der Waals surface area contributed by atoms with Crippen LogP contribution >= 0.6 is 0 Å². The lowest BCUT2D eigenvalue weighted by Crippen LogP contribution is -2.55. The monoisotopic (exact) mass is 397 g/mol. The number of benzene rings is 2. The van der Waals surface area contributed by atoms with Gasteiger partial charge in [0.15, 0.2) is 0 Å². The minimum Gasteiger partial charge on any atom is -0.333 e. The Morgan fingerprint density at radius 3 is 2.23 bits per heavy atom. The van der Waals surface area contributed by atoms with Crippen molar-refractivity contribution >= 4 is 5.91 Å². The van der Waals surface area contributed by atoms with E-state index in [1.807, 2.05) is 23.1 Å². The molecule has 4 nitrogen and oxygen atoms in total. The lowest BCUT2D eigenvalue weighted by Gasteiger charge is -2.44. The summed E-state index contributed by atoms with van der Waals surface area (Å²) in [5.74, 6) is 0.0468. The molecular weight excluding hydrogens is 370 g/mol. The fraction of sp³-hybridized carbons (Fsp3) is 0.231. The molecule has 3 aromatic rings. The van der Waals surface area contributed by atoms with E-state index in [2.05, 4.69) is 77.1 Å². The van der Waals surface area contributed by atoms with Crippen molar-refractivity contribution in [3.8, 4) is 0 Å². The van der Waals surface area contributed by atoms with E-state index < -0.39 is 0 Å². The molecule has 0 saturated carbocycles. The highest BCUT2D eigenvalue weighted by atomic mass is 16.2. The van der Waals surface area contributed by atoms with Crippen molar-refractivity contribution in [3.05, 3.63) is 115 Å². The predicted molar refractivity (Wildman–Crippen MR) is 120 cm³/mol. The third-order valence-electron chi connectivity index (χ3n) is 5.72. The second-order valence-corrected chi connectivity index (χ2v) is 7.64. The minimum absolute atomic E-state index is 0.0468. The van der Waals surface area contributed by atoms with E-state index in [0.29, 0.717) is 12.1 Å². The van der Waals surface area contributed by atoms with Gasteiger partial charge in [0.2, 0.25) is 0 Å². The summed E-state index contributed by atoms with van der Waals surface area (Å²) in [7, 11) is 0. The van der Waals surface area contributed by atoms with Crippen LogP contribution in [0.5, 0.6) is 0 Å². The van der Waals surface area contributed by atoms with Crippen molar-refractivity contribution in [2.24, 2.45) is 0 Å². The molecule has 4 rings (SSSR count). The van der Waals surface area contributed by atoms with Gasteiger partial charge in [0, 0.05) is 38.1 Å². The second kappa shape index (κ2) is 9.51. The van der Waals surface area contributed by atoms with Gasteiger partial charge >= 0.3 is 0 Å². The number of hydrogen-bond acceptors (Lipinski definition) is 3.